The Kier molecular flexibility index (Phi) is 3.06. The van der Waals surface area contributed by atoms with E-state index in [9.17, 15) is 0 Å². The smallest absolute Gasteiger partial charge is 0.0116 e. The highest BCUT2D eigenvalue weighted by atomic mass is 15.2. The fourth-order valence-corrected chi connectivity index (χ4v) is 1.83. The zero-order chi connectivity index (χ0) is 10.2. The Bertz CT molecular complexity index is 160. The van der Waals surface area contributed by atoms with E-state index < -0.39 is 0 Å². The fourth-order valence-electron chi connectivity index (χ4n) is 1.83. The predicted octanol–water partition coefficient (Wildman–Crippen LogP) is 3.01. The van der Waals surface area contributed by atoms with Crippen LogP contribution in [-0.4, -0.2) is 24.0 Å². The molecule has 1 nitrogen and oxygen atoms in total. The minimum absolute atomic E-state index is 0.432. The van der Waals surface area contributed by atoms with Gasteiger partial charge >= 0.3 is 0 Å². The molecule has 1 fully saturated rings. The maximum Gasteiger partial charge on any atom is 0.0116 e. The Hall–Kier alpha value is -0.0400. The van der Waals surface area contributed by atoms with Gasteiger partial charge in [0.15, 0.2) is 0 Å². The Balaban J connectivity index is 2.35. The van der Waals surface area contributed by atoms with E-state index in [4.69, 9.17) is 0 Å². The Morgan fingerprint density at radius 2 is 1.54 bits per heavy atom. The molecule has 0 spiro atoms. The quantitative estimate of drug-likeness (QED) is 0.636. The van der Waals surface area contributed by atoms with Gasteiger partial charge in [0.2, 0.25) is 0 Å². The van der Waals surface area contributed by atoms with Crippen LogP contribution < -0.4 is 0 Å². The largest absolute Gasteiger partial charge is 0.299 e. The van der Waals surface area contributed by atoms with E-state index in [0.717, 1.165) is 17.9 Å². The van der Waals surface area contributed by atoms with Crippen LogP contribution in [0, 0.1) is 17.3 Å². The molecule has 0 aromatic carbocycles. The molecule has 1 saturated heterocycles. The average molecular weight is 183 g/mol. The molecule has 0 saturated carbocycles. The summed E-state index contributed by atoms with van der Waals surface area (Å²) in [6.07, 6.45) is 0. The molecule has 0 amide bonds. The summed E-state index contributed by atoms with van der Waals surface area (Å²) in [7, 11) is 0. The highest BCUT2D eigenvalue weighted by molar-refractivity contribution is 4.89. The van der Waals surface area contributed by atoms with Crippen LogP contribution in [0.3, 0.4) is 0 Å². The van der Waals surface area contributed by atoms with Gasteiger partial charge in [-0.25, -0.2) is 0 Å². The third kappa shape index (κ3) is 2.46. The van der Waals surface area contributed by atoms with Gasteiger partial charge in [0, 0.05) is 19.1 Å². The molecular formula is C12H25N. The minimum Gasteiger partial charge on any atom is -0.299 e. The molecule has 1 heteroatoms. The Labute approximate surface area is 83.5 Å². The Morgan fingerprint density at radius 1 is 1.08 bits per heavy atom. The molecule has 0 bridgehead atoms. The Morgan fingerprint density at radius 3 is 1.85 bits per heavy atom. The van der Waals surface area contributed by atoms with Crippen molar-refractivity contribution in [1.29, 1.82) is 0 Å². The maximum absolute atomic E-state index is 2.62. The van der Waals surface area contributed by atoms with Crippen LogP contribution in [0.15, 0.2) is 0 Å². The lowest BCUT2D eigenvalue weighted by atomic mass is 9.81. The van der Waals surface area contributed by atoms with Crippen molar-refractivity contribution in [2.45, 2.75) is 47.6 Å². The second-order valence-electron chi connectivity index (χ2n) is 6.00. The normalized spacial score (nSPS) is 23.3. The monoisotopic (exact) mass is 183 g/mol. The van der Waals surface area contributed by atoms with E-state index in [0.29, 0.717) is 5.41 Å². The summed E-state index contributed by atoms with van der Waals surface area (Å²) in [6.45, 7) is 16.7. The van der Waals surface area contributed by atoms with Crippen LogP contribution in [0.2, 0.25) is 0 Å². The van der Waals surface area contributed by atoms with Crippen molar-refractivity contribution in [2.75, 3.05) is 13.1 Å². The summed E-state index contributed by atoms with van der Waals surface area (Å²) in [5.74, 6) is 1.81. The first kappa shape index (κ1) is 11.0. The van der Waals surface area contributed by atoms with E-state index in [2.05, 4.69) is 46.4 Å². The van der Waals surface area contributed by atoms with Crippen LogP contribution in [0.4, 0.5) is 0 Å². The van der Waals surface area contributed by atoms with Gasteiger partial charge in [0.1, 0.15) is 0 Å². The topological polar surface area (TPSA) is 3.24 Å². The standard InChI is InChI=1S/C12H25N/c1-9(2)11-7-13(8-11)10(3)12(4,5)6/h9-11H,7-8H2,1-6H3. The summed E-state index contributed by atoms with van der Waals surface area (Å²) in [5, 5.41) is 0. The SMILES string of the molecule is CC(C)C1CN(C(C)C(C)(C)C)C1. The molecule has 0 N–H and O–H groups in total. The van der Waals surface area contributed by atoms with E-state index in [-0.39, 0.29) is 0 Å². The van der Waals surface area contributed by atoms with E-state index in [1.54, 1.807) is 0 Å². The molecule has 13 heavy (non-hydrogen) atoms. The number of hydrogen-bond acceptors (Lipinski definition) is 1. The second-order valence-corrected chi connectivity index (χ2v) is 6.00. The number of nitrogens with zero attached hydrogens (tertiary/aromatic N) is 1. The van der Waals surface area contributed by atoms with Gasteiger partial charge in [-0.1, -0.05) is 34.6 Å². The van der Waals surface area contributed by atoms with Crippen LogP contribution in [-0.2, 0) is 0 Å². The van der Waals surface area contributed by atoms with Crippen molar-refractivity contribution in [3.8, 4) is 0 Å². The van der Waals surface area contributed by atoms with Crippen LogP contribution in [0.25, 0.3) is 0 Å². The fraction of sp³-hybridized carbons (Fsp3) is 1.00. The lowest BCUT2D eigenvalue weighted by Crippen LogP contribution is -2.56. The molecular weight excluding hydrogens is 158 g/mol. The highest BCUT2D eigenvalue weighted by Crippen LogP contribution is 2.32. The molecule has 1 atom stereocenters. The van der Waals surface area contributed by atoms with Gasteiger partial charge in [-0.15, -0.1) is 0 Å². The molecule has 1 unspecified atom stereocenters. The summed E-state index contributed by atoms with van der Waals surface area (Å²) in [6, 6.07) is 0.725. The first-order chi connectivity index (χ1) is 5.82. The number of rotatable bonds is 2. The zero-order valence-electron chi connectivity index (χ0n) is 10.1. The maximum atomic E-state index is 2.62. The van der Waals surface area contributed by atoms with Gasteiger partial charge in [-0.05, 0) is 24.2 Å². The molecule has 1 heterocycles. The van der Waals surface area contributed by atoms with Gasteiger partial charge in [0.05, 0.1) is 0 Å². The molecule has 1 aliphatic rings. The van der Waals surface area contributed by atoms with E-state index in [1.165, 1.54) is 13.1 Å². The predicted molar refractivity (Wildman–Crippen MR) is 58.8 cm³/mol. The van der Waals surface area contributed by atoms with Crippen LogP contribution in [0.5, 0.6) is 0 Å². The van der Waals surface area contributed by atoms with Crippen molar-refractivity contribution in [1.82, 2.24) is 4.90 Å². The van der Waals surface area contributed by atoms with Gasteiger partial charge in [-0.3, -0.25) is 4.90 Å². The van der Waals surface area contributed by atoms with Crippen molar-refractivity contribution >= 4 is 0 Å². The van der Waals surface area contributed by atoms with Crippen molar-refractivity contribution in [3.05, 3.63) is 0 Å². The third-order valence-electron chi connectivity index (χ3n) is 3.68. The third-order valence-corrected chi connectivity index (χ3v) is 3.68. The molecule has 0 aromatic heterocycles. The minimum atomic E-state index is 0.432. The molecule has 0 aromatic rings. The van der Waals surface area contributed by atoms with Gasteiger partial charge in [0.25, 0.3) is 0 Å². The lowest BCUT2D eigenvalue weighted by molar-refractivity contribution is -0.00686. The number of likely N-dealkylation sites (tertiary alicyclic amines) is 1. The zero-order valence-corrected chi connectivity index (χ0v) is 10.1. The molecule has 0 radical (unpaired) electrons. The van der Waals surface area contributed by atoms with E-state index in [1.807, 2.05) is 0 Å². The highest BCUT2D eigenvalue weighted by Gasteiger charge is 2.36. The van der Waals surface area contributed by atoms with Crippen molar-refractivity contribution < 1.29 is 0 Å². The van der Waals surface area contributed by atoms with Crippen LogP contribution >= 0.6 is 0 Å². The summed E-state index contributed by atoms with van der Waals surface area (Å²) in [4.78, 5) is 2.62. The van der Waals surface area contributed by atoms with Crippen LogP contribution in [0.1, 0.15) is 41.5 Å². The summed E-state index contributed by atoms with van der Waals surface area (Å²) < 4.78 is 0. The summed E-state index contributed by atoms with van der Waals surface area (Å²) in [5.41, 5.74) is 0.432. The first-order valence-electron chi connectivity index (χ1n) is 5.56. The lowest BCUT2D eigenvalue weighted by Gasteiger charge is -2.49. The molecule has 1 rings (SSSR count). The molecule has 78 valence electrons. The van der Waals surface area contributed by atoms with E-state index >= 15 is 0 Å². The summed E-state index contributed by atoms with van der Waals surface area (Å²) >= 11 is 0. The van der Waals surface area contributed by atoms with Gasteiger partial charge in [-0.2, -0.15) is 0 Å². The average Bonchev–Trinajstić information content (AvgIpc) is 1.80. The van der Waals surface area contributed by atoms with Crippen molar-refractivity contribution in [2.24, 2.45) is 17.3 Å². The van der Waals surface area contributed by atoms with Gasteiger partial charge < -0.3 is 0 Å². The molecule has 1 aliphatic heterocycles. The second kappa shape index (κ2) is 3.61. The first-order valence-corrected chi connectivity index (χ1v) is 5.56. The number of hydrogen-bond donors (Lipinski definition) is 0. The van der Waals surface area contributed by atoms with Crippen molar-refractivity contribution in [3.63, 3.8) is 0 Å². The molecule has 0 aliphatic carbocycles.